The van der Waals surface area contributed by atoms with Crippen molar-refractivity contribution in [2.24, 2.45) is 0 Å². The molecule has 1 aromatic carbocycles. The van der Waals surface area contributed by atoms with Gasteiger partial charge in [0.1, 0.15) is 18.0 Å². The van der Waals surface area contributed by atoms with Gasteiger partial charge >= 0.3 is 0 Å². The van der Waals surface area contributed by atoms with Gasteiger partial charge in [0.2, 0.25) is 10.0 Å². The number of ether oxygens (including phenoxy) is 1. The predicted octanol–water partition coefficient (Wildman–Crippen LogP) is 1.32. The van der Waals surface area contributed by atoms with Crippen molar-refractivity contribution in [1.29, 1.82) is 0 Å². The molecule has 8 nitrogen and oxygen atoms in total. The number of anilines is 2. The second-order valence-electron chi connectivity index (χ2n) is 6.45. The Labute approximate surface area is 160 Å². The lowest BCUT2D eigenvalue weighted by molar-refractivity contribution is 0.122. The van der Waals surface area contributed by atoms with Gasteiger partial charge in [0.15, 0.2) is 0 Å². The molecule has 146 valence electrons. The molecule has 0 aliphatic carbocycles. The van der Waals surface area contributed by atoms with Crippen molar-refractivity contribution < 1.29 is 13.2 Å². The minimum absolute atomic E-state index is 0.256. The first-order chi connectivity index (χ1) is 13.0. The first-order valence-electron chi connectivity index (χ1n) is 8.91. The van der Waals surface area contributed by atoms with E-state index in [1.807, 2.05) is 19.1 Å². The van der Waals surface area contributed by atoms with Crippen LogP contribution in [0.4, 0.5) is 11.6 Å². The Morgan fingerprint density at radius 1 is 1.11 bits per heavy atom. The number of aromatic nitrogens is 2. The summed E-state index contributed by atoms with van der Waals surface area (Å²) in [5.74, 6) is 1.50. The molecular weight excluding hydrogens is 366 g/mol. The summed E-state index contributed by atoms with van der Waals surface area (Å²) in [5, 5.41) is 3.14. The Balaban J connectivity index is 1.54. The van der Waals surface area contributed by atoms with E-state index in [1.54, 1.807) is 19.1 Å². The fourth-order valence-electron chi connectivity index (χ4n) is 2.96. The van der Waals surface area contributed by atoms with Crippen molar-refractivity contribution >= 4 is 21.7 Å². The van der Waals surface area contributed by atoms with Crippen molar-refractivity contribution in [2.75, 3.05) is 49.6 Å². The number of hydrogen-bond acceptors (Lipinski definition) is 7. The third kappa shape index (κ3) is 5.15. The first kappa shape index (κ1) is 19.5. The summed E-state index contributed by atoms with van der Waals surface area (Å²) < 4.78 is 32.9. The van der Waals surface area contributed by atoms with Gasteiger partial charge in [-0.15, -0.1) is 0 Å². The minimum atomic E-state index is -3.53. The van der Waals surface area contributed by atoms with Crippen LogP contribution in [-0.4, -0.2) is 57.8 Å². The number of sulfonamides is 1. The molecule has 0 bridgehead atoms. The summed E-state index contributed by atoms with van der Waals surface area (Å²) in [5.41, 5.74) is 1.77. The average molecular weight is 391 g/mol. The van der Waals surface area contributed by atoms with Gasteiger partial charge in [-0.25, -0.2) is 23.1 Å². The van der Waals surface area contributed by atoms with Crippen LogP contribution in [0.25, 0.3) is 0 Å². The average Bonchev–Trinajstić information content (AvgIpc) is 2.66. The number of morpholine rings is 1. The molecule has 1 aliphatic rings. The predicted molar refractivity (Wildman–Crippen MR) is 105 cm³/mol. The summed E-state index contributed by atoms with van der Waals surface area (Å²) in [7, 11) is -3.53. The Kier molecular flexibility index (Phi) is 6.25. The molecule has 0 saturated carbocycles. The standard InChI is InChI=1S/C18H25N5O3S/c1-14-3-4-16(15(2)11-14)27(24,25)22-6-5-19-17-12-18(21-13-20-17)23-7-9-26-10-8-23/h3-4,11-13,22H,5-10H2,1-2H3,(H,19,20,21). The summed E-state index contributed by atoms with van der Waals surface area (Å²) in [6.45, 7) is 7.38. The molecule has 0 amide bonds. The van der Waals surface area contributed by atoms with Crippen molar-refractivity contribution in [3.8, 4) is 0 Å². The van der Waals surface area contributed by atoms with Gasteiger partial charge in [-0.2, -0.15) is 0 Å². The van der Waals surface area contributed by atoms with E-state index in [9.17, 15) is 8.42 Å². The molecule has 1 aromatic heterocycles. The quantitative estimate of drug-likeness (QED) is 0.687. The molecule has 0 radical (unpaired) electrons. The maximum atomic E-state index is 12.5. The van der Waals surface area contributed by atoms with Crippen LogP contribution in [0.15, 0.2) is 35.5 Å². The van der Waals surface area contributed by atoms with E-state index in [4.69, 9.17) is 4.74 Å². The number of hydrogen-bond donors (Lipinski definition) is 2. The minimum Gasteiger partial charge on any atom is -0.378 e. The largest absolute Gasteiger partial charge is 0.378 e. The highest BCUT2D eigenvalue weighted by molar-refractivity contribution is 7.89. The Morgan fingerprint density at radius 2 is 1.89 bits per heavy atom. The maximum Gasteiger partial charge on any atom is 0.240 e. The van der Waals surface area contributed by atoms with Crippen LogP contribution in [0.1, 0.15) is 11.1 Å². The van der Waals surface area contributed by atoms with Gasteiger partial charge in [-0.05, 0) is 25.5 Å². The first-order valence-corrected chi connectivity index (χ1v) is 10.4. The SMILES string of the molecule is Cc1ccc(S(=O)(=O)NCCNc2cc(N3CCOCC3)ncn2)c(C)c1. The molecule has 3 rings (SSSR count). The lowest BCUT2D eigenvalue weighted by Gasteiger charge is -2.27. The maximum absolute atomic E-state index is 12.5. The highest BCUT2D eigenvalue weighted by atomic mass is 32.2. The van der Waals surface area contributed by atoms with Crippen molar-refractivity contribution in [3.63, 3.8) is 0 Å². The zero-order chi connectivity index (χ0) is 19.3. The summed E-state index contributed by atoms with van der Waals surface area (Å²) >= 11 is 0. The van der Waals surface area contributed by atoms with Gasteiger partial charge in [0.05, 0.1) is 18.1 Å². The molecule has 0 atom stereocenters. The lowest BCUT2D eigenvalue weighted by atomic mass is 10.2. The fraction of sp³-hybridized carbons (Fsp3) is 0.444. The van der Waals surface area contributed by atoms with Crippen molar-refractivity contribution in [3.05, 3.63) is 41.7 Å². The third-order valence-electron chi connectivity index (χ3n) is 4.33. The van der Waals surface area contributed by atoms with E-state index in [1.165, 1.54) is 6.33 Å². The van der Waals surface area contributed by atoms with Crippen LogP contribution < -0.4 is 14.9 Å². The highest BCUT2D eigenvalue weighted by Gasteiger charge is 2.16. The molecule has 2 N–H and O–H groups in total. The molecule has 1 fully saturated rings. The van der Waals surface area contributed by atoms with Crippen LogP contribution in [0.5, 0.6) is 0 Å². The summed E-state index contributed by atoms with van der Waals surface area (Å²) in [6.07, 6.45) is 1.51. The van der Waals surface area contributed by atoms with Crippen LogP contribution in [-0.2, 0) is 14.8 Å². The summed E-state index contributed by atoms with van der Waals surface area (Å²) in [6, 6.07) is 7.16. The smallest absolute Gasteiger partial charge is 0.240 e. The normalized spacial score (nSPS) is 15.0. The van der Waals surface area contributed by atoms with Crippen LogP contribution in [0.2, 0.25) is 0 Å². The van der Waals surface area contributed by atoms with Gasteiger partial charge in [-0.3, -0.25) is 0 Å². The molecule has 1 aliphatic heterocycles. The number of aryl methyl sites for hydroxylation is 2. The zero-order valence-electron chi connectivity index (χ0n) is 15.6. The Hall–Kier alpha value is -2.23. The molecule has 2 heterocycles. The molecule has 2 aromatic rings. The van der Waals surface area contributed by atoms with Crippen LogP contribution in [0, 0.1) is 13.8 Å². The van der Waals surface area contributed by atoms with Gasteiger partial charge < -0.3 is 15.0 Å². The van der Waals surface area contributed by atoms with Crippen molar-refractivity contribution in [1.82, 2.24) is 14.7 Å². The van der Waals surface area contributed by atoms with E-state index in [2.05, 4.69) is 24.9 Å². The highest BCUT2D eigenvalue weighted by Crippen LogP contribution is 2.17. The lowest BCUT2D eigenvalue weighted by Crippen LogP contribution is -2.36. The van der Waals surface area contributed by atoms with Gasteiger partial charge in [0.25, 0.3) is 0 Å². The van der Waals surface area contributed by atoms with Crippen LogP contribution in [0.3, 0.4) is 0 Å². The van der Waals surface area contributed by atoms with Crippen molar-refractivity contribution in [2.45, 2.75) is 18.7 Å². The Morgan fingerprint density at radius 3 is 2.63 bits per heavy atom. The van der Waals surface area contributed by atoms with E-state index < -0.39 is 10.0 Å². The third-order valence-corrected chi connectivity index (χ3v) is 5.95. The fourth-order valence-corrected chi connectivity index (χ4v) is 4.22. The Bertz CT molecular complexity index is 882. The van der Waals surface area contributed by atoms with Gasteiger partial charge in [-0.1, -0.05) is 17.7 Å². The number of rotatable bonds is 7. The molecule has 1 saturated heterocycles. The van der Waals surface area contributed by atoms with E-state index >= 15 is 0 Å². The zero-order valence-corrected chi connectivity index (χ0v) is 16.4. The molecule has 9 heteroatoms. The molecule has 0 spiro atoms. The molecule has 0 unspecified atom stereocenters. The second-order valence-corrected chi connectivity index (χ2v) is 8.19. The summed E-state index contributed by atoms with van der Waals surface area (Å²) in [4.78, 5) is 10.9. The topological polar surface area (TPSA) is 96.5 Å². The second kappa shape index (κ2) is 8.64. The van der Waals surface area contributed by atoms with Crippen LogP contribution >= 0.6 is 0 Å². The molecule has 27 heavy (non-hydrogen) atoms. The van der Waals surface area contributed by atoms with E-state index in [0.29, 0.717) is 30.5 Å². The monoisotopic (exact) mass is 391 g/mol. The van der Waals surface area contributed by atoms with Gasteiger partial charge in [0, 0.05) is 32.2 Å². The van der Waals surface area contributed by atoms with E-state index in [0.717, 1.165) is 30.0 Å². The number of nitrogens with one attached hydrogen (secondary N) is 2. The number of benzene rings is 1. The molecular formula is C18H25N5O3S. The van der Waals surface area contributed by atoms with E-state index in [-0.39, 0.29) is 6.54 Å². The number of nitrogens with zero attached hydrogens (tertiary/aromatic N) is 3.